The van der Waals surface area contributed by atoms with E-state index >= 15 is 0 Å². The second-order valence-corrected chi connectivity index (χ2v) is 6.83. The Bertz CT molecular complexity index is 1230. The van der Waals surface area contributed by atoms with Crippen LogP contribution in [0.25, 0.3) is 6.08 Å². The number of carbonyl (C=O) groups is 2. The number of hydrogen-bond donors (Lipinski definition) is 0. The van der Waals surface area contributed by atoms with Crippen LogP contribution < -0.4 is 23.7 Å². The third kappa shape index (κ3) is 3.57. The van der Waals surface area contributed by atoms with E-state index < -0.39 is 5.97 Å². The van der Waals surface area contributed by atoms with Crippen LogP contribution in [0.5, 0.6) is 28.7 Å². The third-order valence-electron chi connectivity index (χ3n) is 4.87. The minimum atomic E-state index is -0.525. The number of fused-ring (bicyclic) bond motifs is 2. The van der Waals surface area contributed by atoms with Crippen LogP contribution in [-0.2, 0) is 0 Å². The van der Waals surface area contributed by atoms with Gasteiger partial charge in [-0.05, 0) is 60.2 Å². The molecule has 5 rings (SSSR count). The van der Waals surface area contributed by atoms with Crippen molar-refractivity contribution in [3.63, 3.8) is 0 Å². The Morgan fingerprint density at radius 1 is 0.903 bits per heavy atom. The molecule has 2 aliphatic heterocycles. The fourth-order valence-electron chi connectivity index (χ4n) is 3.28. The first-order valence-electron chi connectivity index (χ1n) is 9.45. The van der Waals surface area contributed by atoms with Gasteiger partial charge in [-0.15, -0.1) is 0 Å². The molecule has 0 amide bonds. The van der Waals surface area contributed by atoms with E-state index in [1.807, 2.05) is 6.07 Å². The fourth-order valence-corrected chi connectivity index (χ4v) is 3.28. The number of methoxy groups -OCH3 is 1. The summed E-state index contributed by atoms with van der Waals surface area (Å²) in [6, 6.07) is 16.6. The van der Waals surface area contributed by atoms with Crippen LogP contribution in [0.15, 0.2) is 66.4 Å². The van der Waals surface area contributed by atoms with Crippen molar-refractivity contribution in [1.82, 2.24) is 0 Å². The van der Waals surface area contributed by atoms with Crippen LogP contribution in [0, 0.1) is 0 Å². The molecule has 3 aromatic rings. The minimum absolute atomic E-state index is 0.174. The summed E-state index contributed by atoms with van der Waals surface area (Å²) in [4.78, 5) is 25.1. The Labute approximate surface area is 177 Å². The lowest BCUT2D eigenvalue weighted by atomic mass is 10.1. The van der Waals surface area contributed by atoms with Crippen molar-refractivity contribution in [2.75, 3.05) is 13.9 Å². The normalized spacial score (nSPS) is 14.9. The molecule has 0 unspecified atom stereocenters. The van der Waals surface area contributed by atoms with Crippen LogP contribution in [0.1, 0.15) is 26.3 Å². The van der Waals surface area contributed by atoms with Crippen LogP contribution in [0.4, 0.5) is 0 Å². The first-order valence-corrected chi connectivity index (χ1v) is 9.45. The Balaban J connectivity index is 1.34. The molecule has 7 heteroatoms. The summed E-state index contributed by atoms with van der Waals surface area (Å²) in [7, 11) is 1.55. The van der Waals surface area contributed by atoms with Gasteiger partial charge in [0.2, 0.25) is 12.6 Å². The predicted octanol–water partition coefficient (Wildman–Crippen LogP) is 4.26. The molecule has 0 saturated heterocycles. The van der Waals surface area contributed by atoms with Crippen LogP contribution in [0.3, 0.4) is 0 Å². The highest BCUT2D eigenvalue weighted by atomic mass is 16.7. The molecule has 0 aromatic heterocycles. The summed E-state index contributed by atoms with van der Waals surface area (Å²) in [6.45, 7) is 0.175. The van der Waals surface area contributed by atoms with E-state index in [1.165, 1.54) is 6.07 Å². The smallest absolute Gasteiger partial charge is 0.343 e. The van der Waals surface area contributed by atoms with Crippen molar-refractivity contribution < 1.29 is 33.3 Å². The second-order valence-electron chi connectivity index (χ2n) is 6.83. The molecule has 3 aromatic carbocycles. The summed E-state index contributed by atoms with van der Waals surface area (Å²) < 4.78 is 26.9. The Kier molecular flexibility index (Phi) is 4.55. The third-order valence-corrected chi connectivity index (χ3v) is 4.87. The van der Waals surface area contributed by atoms with Gasteiger partial charge in [0.1, 0.15) is 17.2 Å². The van der Waals surface area contributed by atoms with Gasteiger partial charge < -0.3 is 23.7 Å². The van der Waals surface area contributed by atoms with Gasteiger partial charge in [0.05, 0.1) is 18.2 Å². The lowest BCUT2D eigenvalue weighted by Crippen LogP contribution is -2.08. The maximum absolute atomic E-state index is 12.7. The molecular weight excluding hydrogens is 400 g/mol. The van der Waals surface area contributed by atoms with Gasteiger partial charge in [0.15, 0.2) is 17.3 Å². The molecule has 154 valence electrons. The molecule has 7 nitrogen and oxygen atoms in total. The number of ketones is 1. The van der Waals surface area contributed by atoms with Crippen molar-refractivity contribution >= 4 is 17.8 Å². The lowest BCUT2D eigenvalue weighted by Gasteiger charge is -2.06. The Hall–Kier alpha value is -4.26. The maximum atomic E-state index is 12.7. The summed E-state index contributed by atoms with van der Waals surface area (Å²) >= 11 is 0. The predicted molar refractivity (Wildman–Crippen MR) is 110 cm³/mol. The quantitative estimate of drug-likeness (QED) is 0.357. The monoisotopic (exact) mass is 416 g/mol. The van der Waals surface area contributed by atoms with Crippen LogP contribution in [0.2, 0.25) is 0 Å². The van der Waals surface area contributed by atoms with E-state index in [0.29, 0.717) is 34.1 Å². The number of benzene rings is 3. The van der Waals surface area contributed by atoms with Crippen molar-refractivity contribution in [2.24, 2.45) is 0 Å². The molecule has 0 radical (unpaired) electrons. The number of carbonyl (C=O) groups excluding carboxylic acids is 2. The molecule has 0 saturated carbocycles. The molecule has 0 fully saturated rings. The molecule has 2 aliphatic rings. The number of Topliss-reactive ketones (excluding diaryl/α,β-unsaturated/α-hetero) is 1. The molecule has 2 heterocycles. The van der Waals surface area contributed by atoms with E-state index in [2.05, 4.69) is 0 Å². The van der Waals surface area contributed by atoms with Gasteiger partial charge >= 0.3 is 5.97 Å². The zero-order chi connectivity index (χ0) is 21.4. The average molecular weight is 416 g/mol. The summed E-state index contributed by atoms with van der Waals surface area (Å²) in [5, 5.41) is 0. The van der Waals surface area contributed by atoms with E-state index in [4.69, 9.17) is 23.7 Å². The Morgan fingerprint density at radius 3 is 2.48 bits per heavy atom. The topological polar surface area (TPSA) is 80.3 Å². The van der Waals surface area contributed by atoms with Crippen molar-refractivity contribution in [3.8, 4) is 28.7 Å². The molecule has 0 spiro atoms. The summed E-state index contributed by atoms with van der Waals surface area (Å²) in [6.07, 6.45) is 1.63. The molecule has 0 bridgehead atoms. The number of esters is 1. The number of rotatable bonds is 4. The van der Waals surface area contributed by atoms with Gasteiger partial charge in [-0.25, -0.2) is 4.79 Å². The van der Waals surface area contributed by atoms with Gasteiger partial charge in [-0.3, -0.25) is 4.79 Å². The lowest BCUT2D eigenvalue weighted by molar-refractivity contribution is 0.0734. The van der Waals surface area contributed by atoms with Crippen LogP contribution in [-0.4, -0.2) is 25.7 Å². The zero-order valence-corrected chi connectivity index (χ0v) is 16.4. The van der Waals surface area contributed by atoms with Gasteiger partial charge in [0.25, 0.3) is 0 Å². The van der Waals surface area contributed by atoms with Crippen molar-refractivity contribution in [2.45, 2.75) is 0 Å². The molecule has 0 atom stereocenters. The Morgan fingerprint density at radius 2 is 1.68 bits per heavy atom. The molecule has 0 N–H and O–H groups in total. The maximum Gasteiger partial charge on any atom is 0.343 e. The van der Waals surface area contributed by atoms with E-state index in [1.54, 1.807) is 61.7 Å². The fraction of sp³-hybridized carbons (Fsp3) is 0.0833. The molecule has 31 heavy (non-hydrogen) atoms. The van der Waals surface area contributed by atoms with Crippen LogP contribution >= 0.6 is 0 Å². The highest BCUT2D eigenvalue weighted by molar-refractivity contribution is 6.14. The minimum Gasteiger partial charge on any atom is -0.497 e. The zero-order valence-electron chi connectivity index (χ0n) is 16.4. The van der Waals surface area contributed by atoms with Crippen molar-refractivity contribution in [3.05, 3.63) is 83.1 Å². The number of hydrogen-bond acceptors (Lipinski definition) is 7. The first-order chi connectivity index (χ1) is 15.1. The molecule has 0 aliphatic carbocycles. The standard InChI is InChI=1S/C24H16O7/c1-27-16-5-3-15(4-6-16)24(26)30-17-7-8-18-20(12-17)31-22(23(18)25)11-14-2-9-19-21(10-14)29-13-28-19/h2-12H,13H2,1H3/b22-11-. The highest BCUT2D eigenvalue weighted by Gasteiger charge is 2.28. The number of allylic oxidation sites excluding steroid dienone is 1. The summed E-state index contributed by atoms with van der Waals surface area (Å²) in [5.41, 5.74) is 1.52. The number of ether oxygens (including phenoxy) is 5. The van der Waals surface area contributed by atoms with E-state index in [9.17, 15) is 9.59 Å². The highest BCUT2D eigenvalue weighted by Crippen LogP contribution is 2.37. The summed E-state index contributed by atoms with van der Waals surface area (Å²) in [5.74, 6) is 1.92. The molecular formula is C24H16O7. The van der Waals surface area contributed by atoms with Crippen molar-refractivity contribution in [1.29, 1.82) is 0 Å². The van der Waals surface area contributed by atoms with Gasteiger partial charge in [0, 0.05) is 6.07 Å². The second kappa shape index (κ2) is 7.53. The van der Waals surface area contributed by atoms with Gasteiger partial charge in [-0.1, -0.05) is 6.07 Å². The van der Waals surface area contributed by atoms with E-state index in [0.717, 1.165) is 5.56 Å². The SMILES string of the molecule is COc1ccc(C(=O)Oc2ccc3c(c2)O/C(=C\c2ccc4c(c2)OCO4)C3=O)cc1. The largest absolute Gasteiger partial charge is 0.497 e. The van der Waals surface area contributed by atoms with E-state index in [-0.39, 0.29) is 24.1 Å². The first kappa shape index (κ1) is 18.7. The van der Waals surface area contributed by atoms with Gasteiger partial charge in [-0.2, -0.15) is 0 Å². The average Bonchev–Trinajstić information content (AvgIpc) is 3.38.